The van der Waals surface area contributed by atoms with Crippen LogP contribution in [-0.4, -0.2) is 14.4 Å². The Balaban J connectivity index is 3.02. The molecule has 0 aromatic carbocycles. The van der Waals surface area contributed by atoms with Gasteiger partial charge in [-0.3, -0.25) is 25.0 Å². The Bertz CT molecular complexity index is 499. The fraction of sp³-hybridized carbons (Fsp3) is 0.545. The summed E-state index contributed by atoms with van der Waals surface area (Å²) in [5.74, 6) is 0. The molecule has 0 amide bonds. The van der Waals surface area contributed by atoms with Crippen LogP contribution < -0.4 is 5.43 Å². The lowest BCUT2D eigenvalue weighted by molar-refractivity contribution is -0.397. The van der Waals surface area contributed by atoms with Crippen LogP contribution in [0.3, 0.4) is 0 Å². The van der Waals surface area contributed by atoms with E-state index in [1.807, 2.05) is 0 Å². The molecule has 0 saturated heterocycles. The van der Waals surface area contributed by atoms with Gasteiger partial charge in [-0.1, -0.05) is 26.2 Å². The SMILES string of the molecule is CCCCCCn1cc([N+](=O)[O-])c(=O)c([N+](=O)[O-])c1. The van der Waals surface area contributed by atoms with Crippen molar-refractivity contribution >= 4 is 11.4 Å². The largest absolute Gasteiger partial charge is 0.342 e. The molecule has 1 heterocycles. The number of unbranched alkanes of at least 4 members (excludes halogenated alkanes) is 3. The second-order valence-electron chi connectivity index (χ2n) is 4.17. The maximum Gasteiger partial charge on any atom is 0.339 e. The Morgan fingerprint density at radius 1 is 1.05 bits per heavy atom. The number of nitrogens with zero attached hydrogens (tertiary/aromatic N) is 3. The molecular formula is C11H15N3O5. The van der Waals surface area contributed by atoms with Crippen LogP contribution in [0.5, 0.6) is 0 Å². The number of aryl methyl sites for hydroxylation is 1. The summed E-state index contributed by atoms with van der Waals surface area (Å²) >= 11 is 0. The van der Waals surface area contributed by atoms with Crippen molar-refractivity contribution in [2.45, 2.75) is 39.2 Å². The Morgan fingerprint density at radius 3 is 2.00 bits per heavy atom. The number of pyridine rings is 1. The summed E-state index contributed by atoms with van der Waals surface area (Å²) in [7, 11) is 0. The van der Waals surface area contributed by atoms with Gasteiger partial charge in [-0.25, -0.2) is 0 Å². The Morgan fingerprint density at radius 2 is 1.58 bits per heavy atom. The molecule has 0 spiro atoms. The van der Waals surface area contributed by atoms with Gasteiger partial charge in [0.1, 0.15) is 0 Å². The summed E-state index contributed by atoms with van der Waals surface area (Å²) in [6.07, 6.45) is 5.88. The van der Waals surface area contributed by atoms with Crippen LogP contribution in [0.4, 0.5) is 11.4 Å². The maximum absolute atomic E-state index is 11.5. The molecule has 0 unspecified atom stereocenters. The predicted octanol–water partition coefficient (Wildman–Crippen LogP) is 2.25. The molecule has 1 rings (SSSR count). The van der Waals surface area contributed by atoms with Gasteiger partial charge in [0.05, 0.1) is 22.2 Å². The molecule has 0 aliphatic heterocycles. The third-order valence-corrected chi connectivity index (χ3v) is 2.70. The average Bonchev–Trinajstić information content (AvgIpc) is 2.35. The summed E-state index contributed by atoms with van der Waals surface area (Å²) in [6.45, 7) is 2.47. The number of nitro groups is 2. The first kappa shape index (κ1) is 14.8. The molecule has 8 heteroatoms. The van der Waals surface area contributed by atoms with E-state index >= 15 is 0 Å². The third kappa shape index (κ3) is 3.87. The normalized spacial score (nSPS) is 10.4. The highest BCUT2D eigenvalue weighted by Gasteiger charge is 2.24. The summed E-state index contributed by atoms with van der Waals surface area (Å²) in [5, 5.41) is 21.4. The lowest BCUT2D eigenvalue weighted by Gasteiger charge is -2.05. The molecule has 19 heavy (non-hydrogen) atoms. The van der Waals surface area contributed by atoms with E-state index in [0.717, 1.165) is 38.1 Å². The molecule has 1 aromatic rings. The van der Waals surface area contributed by atoms with Crippen molar-refractivity contribution in [1.82, 2.24) is 4.57 Å². The van der Waals surface area contributed by atoms with E-state index in [0.29, 0.717) is 6.54 Å². The molecule has 0 saturated carbocycles. The Labute approximate surface area is 109 Å². The van der Waals surface area contributed by atoms with Gasteiger partial charge in [-0.05, 0) is 6.42 Å². The second-order valence-corrected chi connectivity index (χ2v) is 4.17. The minimum Gasteiger partial charge on any atom is -0.342 e. The summed E-state index contributed by atoms with van der Waals surface area (Å²) in [6, 6.07) is 0. The van der Waals surface area contributed by atoms with E-state index in [1.54, 1.807) is 0 Å². The van der Waals surface area contributed by atoms with Gasteiger partial charge in [0.25, 0.3) is 0 Å². The van der Waals surface area contributed by atoms with Crippen molar-refractivity contribution < 1.29 is 9.85 Å². The van der Waals surface area contributed by atoms with Crippen molar-refractivity contribution in [2.24, 2.45) is 0 Å². The van der Waals surface area contributed by atoms with Crippen molar-refractivity contribution in [3.8, 4) is 0 Å². The van der Waals surface area contributed by atoms with Crippen molar-refractivity contribution in [3.63, 3.8) is 0 Å². The fourth-order valence-corrected chi connectivity index (χ4v) is 1.71. The summed E-state index contributed by atoms with van der Waals surface area (Å²) in [5.41, 5.74) is -2.67. The van der Waals surface area contributed by atoms with Gasteiger partial charge < -0.3 is 4.57 Å². The Kier molecular flexibility index (Phi) is 5.16. The van der Waals surface area contributed by atoms with Gasteiger partial charge in [0.2, 0.25) is 0 Å². The van der Waals surface area contributed by atoms with Gasteiger partial charge in [0.15, 0.2) is 0 Å². The first-order chi connectivity index (χ1) is 8.97. The molecule has 0 fully saturated rings. The van der Waals surface area contributed by atoms with Crippen LogP contribution >= 0.6 is 0 Å². The zero-order chi connectivity index (χ0) is 14.4. The van der Waals surface area contributed by atoms with E-state index in [-0.39, 0.29) is 0 Å². The lowest BCUT2D eigenvalue weighted by atomic mass is 10.2. The minimum absolute atomic E-state index is 0.419. The molecule has 1 aromatic heterocycles. The average molecular weight is 269 g/mol. The minimum atomic E-state index is -1.15. The van der Waals surface area contributed by atoms with E-state index < -0.39 is 26.7 Å². The Hall–Kier alpha value is -2.25. The topological polar surface area (TPSA) is 108 Å². The van der Waals surface area contributed by atoms with Gasteiger partial charge in [-0.15, -0.1) is 0 Å². The van der Waals surface area contributed by atoms with Crippen LogP contribution in [-0.2, 0) is 6.54 Å². The third-order valence-electron chi connectivity index (χ3n) is 2.70. The zero-order valence-electron chi connectivity index (χ0n) is 10.6. The number of rotatable bonds is 7. The quantitative estimate of drug-likeness (QED) is 0.428. The van der Waals surface area contributed by atoms with Gasteiger partial charge in [0, 0.05) is 6.54 Å². The molecular weight excluding hydrogens is 254 g/mol. The molecule has 8 nitrogen and oxygen atoms in total. The fourth-order valence-electron chi connectivity index (χ4n) is 1.71. The lowest BCUT2D eigenvalue weighted by Crippen LogP contribution is -2.16. The van der Waals surface area contributed by atoms with Crippen LogP contribution in [0, 0.1) is 20.2 Å². The summed E-state index contributed by atoms with van der Waals surface area (Å²) < 4.78 is 1.34. The van der Waals surface area contributed by atoms with E-state index in [1.165, 1.54) is 4.57 Å². The first-order valence-electron chi connectivity index (χ1n) is 6.00. The van der Waals surface area contributed by atoms with Crippen molar-refractivity contribution in [2.75, 3.05) is 0 Å². The molecule has 104 valence electrons. The first-order valence-corrected chi connectivity index (χ1v) is 6.00. The monoisotopic (exact) mass is 269 g/mol. The molecule has 0 bridgehead atoms. The number of hydrogen-bond donors (Lipinski definition) is 0. The smallest absolute Gasteiger partial charge is 0.339 e. The standard InChI is InChI=1S/C11H15N3O5/c1-2-3-4-5-6-12-7-9(13(16)17)11(15)10(8-12)14(18)19/h7-8H,2-6H2,1H3. The number of hydrogen-bond acceptors (Lipinski definition) is 5. The van der Waals surface area contributed by atoms with Gasteiger partial charge in [-0.2, -0.15) is 0 Å². The van der Waals surface area contributed by atoms with Crippen LogP contribution in [0.15, 0.2) is 17.2 Å². The zero-order valence-corrected chi connectivity index (χ0v) is 10.6. The predicted molar refractivity (Wildman–Crippen MR) is 68.2 cm³/mol. The summed E-state index contributed by atoms with van der Waals surface area (Å²) in [4.78, 5) is 31.1. The number of aromatic nitrogens is 1. The van der Waals surface area contributed by atoms with Crippen molar-refractivity contribution in [1.29, 1.82) is 0 Å². The van der Waals surface area contributed by atoms with Crippen LogP contribution in [0.2, 0.25) is 0 Å². The second kappa shape index (κ2) is 6.62. The maximum atomic E-state index is 11.5. The van der Waals surface area contributed by atoms with Crippen LogP contribution in [0.25, 0.3) is 0 Å². The molecule has 0 aliphatic rings. The van der Waals surface area contributed by atoms with E-state index in [9.17, 15) is 25.0 Å². The highest BCUT2D eigenvalue weighted by molar-refractivity contribution is 5.39. The molecule has 0 N–H and O–H groups in total. The molecule has 0 atom stereocenters. The van der Waals surface area contributed by atoms with Crippen molar-refractivity contribution in [3.05, 3.63) is 42.8 Å². The molecule has 0 radical (unpaired) electrons. The van der Waals surface area contributed by atoms with E-state index in [4.69, 9.17) is 0 Å². The highest BCUT2D eigenvalue weighted by atomic mass is 16.6. The molecule has 0 aliphatic carbocycles. The van der Waals surface area contributed by atoms with Gasteiger partial charge >= 0.3 is 16.8 Å². The van der Waals surface area contributed by atoms with E-state index in [2.05, 4.69) is 6.92 Å². The highest BCUT2D eigenvalue weighted by Crippen LogP contribution is 2.13. The van der Waals surface area contributed by atoms with Crippen LogP contribution in [0.1, 0.15) is 32.6 Å².